The van der Waals surface area contributed by atoms with Crippen LogP contribution in [0.3, 0.4) is 0 Å². The molecule has 0 bridgehead atoms. The number of nitrogens with one attached hydrogen (secondary N) is 2. The molecule has 3 heterocycles. The number of sulfonamides is 1. The molecule has 4 aromatic rings. The van der Waals surface area contributed by atoms with Gasteiger partial charge in [-0.05, 0) is 50.5 Å². The molecular formula is C22H21ClFN7O2S. The first-order chi connectivity index (χ1) is 16.2. The minimum absolute atomic E-state index is 0.0204. The van der Waals surface area contributed by atoms with Crippen molar-refractivity contribution in [1.29, 1.82) is 0 Å². The van der Waals surface area contributed by atoms with Crippen molar-refractivity contribution < 1.29 is 12.8 Å². The molecule has 4 rings (SSSR count). The number of rotatable bonds is 8. The Hall–Kier alpha value is -3.41. The summed E-state index contributed by atoms with van der Waals surface area (Å²) in [6.45, 7) is 0.393. The first-order valence-corrected chi connectivity index (χ1v) is 12.2. The van der Waals surface area contributed by atoms with Gasteiger partial charge in [0.05, 0.1) is 33.9 Å². The number of aromatic nitrogens is 4. The first-order valence-electron chi connectivity index (χ1n) is 10.1. The molecule has 12 heteroatoms. The fourth-order valence-corrected chi connectivity index (χ4v) is 4.43. The van der Waals surface area contributed by atoms with E-state index in [4.69, 9.17) is 11.6 Å². The number of anilines is 3. The number of nitrogens with zero attached hydrogens (tertiary/aromatic N) is 5. The summed E-state index contributed by atoms with van der Waals surface area (Å²) in [5.74, 6) is -0.161. The Kier molecular flexibility index (Phi) is 6.87. The Bertz CT molecular complexity index is 1450. The average molecular weight is 502 g/mol. The van der Waals surface area contributed by atoms with Gasteiger partial charge in [0.1, 0.15) is 17.7 Å². The third-order valence-electron chi connectivity index (χ3n) is 4.78. The highest BCUT2D eigenvalue weighted by Gasteiger charge is 2.13. The third-order valence-corrected chi connectivity index (χ3v) is 6.34. The lowest BCUT2D eigenvalue weighted by molar-refractivity contribution is 0.432. The Morgan fingerprint density at radius 1 is 1.06 bits per heavy atom. The van der Waals surface area contributed by atoms with Crippen LogP contribution in [0.5, 0.6) is 0 Å². The first kappa shape index (κ1) is 23.7. The van der Waals surface area contributed by atoms with Crippen LogP contribution < -0.4 is 10.0 Å². The molecule has 0 atom stereocenters. The van der Waals surface area contributed by atoms with Crippen LogP contribution in [0, 0.1) is 5.82 Å². The highest BCUT2D eigenvalue weighted by Crippen LogP contribution is 2.28. The summed E-state index contributed by atoms with van der Waals surface area (Å²) in [5, 5.41) is 3.06. The van der Waals surface area contributed by atoms with E-state index in [1.807, 2.05) is 0 Å². The van der Waals surface area contributed by atoms with Gasteiger partial charge in [0.2, 0.25) is 10.0 Å². The summed E-state index contributed by atoms with van der Waals surface area (Å²) in [6.07, 6.45) is 4.41. The van der Waals surface area contributed by atoms with E-state index in [0.717, 1.165) is 0 Å². The van der Waals surface area contributed by atoms with Gasteiger partial charge in [-0.25, -0.2) is 27.8 Å². The molecule has 0 radical (unpaired) electrons. The molecule has 9 nitrogen and oxygen atoms in total. The lowest BCUT2D eigenvalue weighted by Gasteiger charge is -2.12. The second-order valence-corrected chi connectivity index (χ2v) is 9.98. The average Bonchev–Trinajstić information content (AvgIpc) is 2.80. The van der Waals surface area contributed by atoms with E-state index in [-0.39, 0.29) is 10.8 Å². The standard InChI is InChI=1S/C22H21ClFN7O2S/c1-31(2)7-8-34(32,33)30-16-9-14(11-25-12-16)19-5-6-20-21(29-19)22(27-13-26-20)28-15-3-4-18(24)17(23)10-15/h3-6,9-13,30H,7-8H2,1-2H3,(H,26,27,28). The van der Waals surface area contributed by atoms with Crippen LogP contribution in [-0.2, 0) is 10.0 Å². The van der Waals surface area contributed by atoms with Crippen molar-refractivity contribution in [1.82, 2.24) is 24.8 Å². The molecular weight excluding hydrogens is 481 g/mol. The number of hydrogen-bond donors (Lipinski definition) is 2. The summed E-state index contributed by atoms with van der Waals surface area (Å²) in [7, 11) is 0.0815. The van der Waals surface area contributed by atoms with Crippen molar-refractivity contribution in [2.45, 2.75) is 0 Å². The van der Waals surface area contributed by atoms with Crippen molar-refractivity contribution in [3.63, 3.8) is 0 Å². The smallest absolute Gasteiger partial charge is 0.234 e. The Morgan fingerprint density at radius 2 is 1.88 bits per heavy atom. The van der Waals surface area contributed by atoms with Crippen molar-refractivity contribution in [3.05, 3.63) is 66.0 Å². The van der Waals surface area contributed by atoms with Gasteiger partial charge in [0.15, 0.2) is 5.82 Å². The molecule has 0 aliphatic carbocycles. The van der Waals surface area contributed by atoms with E-state index in [1.54, 1.807) is 43.4 Å². The van der Waals surface area contributed by atoms with Gasteiger partial charge in [-0.2, -0.15) is 0 Å². The molecule has 0 saturated heterocycles. The molecule has 0 saturated carbocycles. The molecule has 0 spiro atoms. The minimum Gasteiger partial charge on any atom is -0.338 e. The fourth-order valence-electron chi connectivity index (χ4n) is 3.07. The van der Waals surface area contributed by atoms with Crippen LogP contribution in [-0.4, -0.2) is 59.6 Å². The highest BCUT2D eigenvalue weighted by atomic mass is 35.5. The predicted octanol–water partition coefficient (Wildman–Crippen LogP) is 3.93. The van der Waals surface area contributed by atoms with Gasteiger partial charge in [-0.1, -0.05) is 11.6 Å². The van der Waals surface area contributed by atoms with Crippen molar-refractivity contribution in [2.75, 3.05) is 36.4 Å². The van der Waals surface area contributed by atoms with Crippen molar-refractivity contribution >= 4 is 49.9 Å². The molecule has 0 fully saturated rings. The third kappa shape index (κ3) is 5.74. The molecule has 2 N–H and O–H groups in total. The largest absolute Gasteiger partial charge is 0.338 e. The minimum atomic E-state index is -3.53. The van der Waals surface area contributed by atoms with Crippen LogP contribution in [0.25, 0.3) is 22.3 Å². The Labute approximate surface area is 201 Å². The van der Waals surface area contributed by atoms with Gasteiger partial charge in [-0.3, -0.25) is 9.71 Å². The van der Waals surface area contributed by atoms with Gasteiger partial charge in [0.25, 0.3) is 0 Å². The molecule has 0 aliphatic rings. The van der Waals surface area contributed by atoms with Crippen LogP contribution in [0.1, 0.15) is 0 Å². The van der Waals surface area contributed by atoms with Gasteiger partial charge >= 0.3 is 0 Å². The maximum Gasteiger partial charge on any atom is 0.234 e. The number of benzene rings is 1. The number of halogens is 2. The second-order valence-electron chi connectivity index (χ2n) is 7.73. The topological polar surface area (TPSA) is 113 Å². The van der Waals surface area contributed by atoms with E-state index >= 15 is 0 Å². The van der Waals surface area contributed by atoms with Crippen LogP contribution >= 0.6 is 11.6 Å². The number of pyridine rings is 2. The summed E-state index contributed by atoms with van der Waals surface area (Å²) in [4.78, 5) is 19.1. The van der Waals surface area contributed by atoms with Crippen LogP contribution in [0.4, 0.5) is 21.6 Å². The van der Waals surface area contributed by atoms with Crippen LogP contribution in [0.15, 0.2) is 55.1 Å². The molecule has 3 aromatic heterocycles. The number of fused-ring (bicyclic) bond motifs is 1. The molecule has 0 amide bonds. The van der Waals surface area contributed by atoms with Gasteiger partial charge < -0.3 is 10.2 Å². The van der Waals surface area contributed by atoms with E-state index < -0.39 is 15.8 Å². The monoisotopic (exact) mass is 501 g/mol. The molecule has 176 valence electrons. The summed E-state index contributed by atoms with van der Waals surface area (Å²) >= 11 is 5.88. The highest BCUT2D eigenvalue weighted by molar-refractivity contribution is 7.92. The quantitative estimate of drug-likeness (QED) is 0.373. The lowest BCUT2D eigenvalue weighted by atomic mass is 10.1. The normalized spacial score (nSPS) is 11.7. The van der Waals surface area contributed by atoms with E-state index in [9.17, 15) is 12.8 Å². The van der Waals surface area contributed by atoms with E-state index in [0.29, 0.717) is 46.0 Å². The van der Waals surface area contributed by atoms with Crippen molar-refractivity contribution in [2.24, 2.45) is 0 Å². The predicted molar refractivity (Wildman–Crippen MR) is 131 cm³/mol. The number of hydrogen-bond acceptors (Lipinski definition) is 8. The zero-order valence-corrected chi connectivity index (χ0v) is 19.9. The zero-order chi connectivity index (χ0) is 24.3. The van der Waals surface area contributed by atoms with E-state index in [1.165, 1.54) is 30.7 Å². The molecule has 0 aliphatic heterocycles. The van der Waals surface area contributed by atoms with Crippen molar-refractivity contribution in [3.8, 4) is 11.3 Å². The summed E-state index contributed by atoms with van der Waals surface area (Å²) < 4.78 is 40.7. The summed E-state index contributed by atoms with van der Waals surface area (Å²) in [5.41, 5.74) is 3.08. The van der Waals surface area contributed by atoms with E-state index in [2.05, 4.69) is 30.0 Å². The van der Waals surface area contributed by atoms with Crippen LogP contribution in [0.2, 0.25) is 5.02 Å². The van der Waals surface area contributed by atoms with Gasteiger partial charge in [0, 0.05) is 24.0 Å². The summed E-state index contributed by atoms with van der Waals surface area (Å²) in [6, 6.07) is 9.43. The Morgan fingerprint density at radius 3 is 2.65 bits per heavy atom. The molecule has 1 aromatic carbocycles. The van der Waals surface area contributed by atoms with Gasteiger partial charge in [-0.15, -0.1) is 0 Å². The maximum absolute atomic E-state index is 13.5. The lowest BCUT2D eigenvalue weighted by Crippen LogP contribution is -2.26. The second kappa shape index (κ2) is 9.84. The zero-order valence-electron chi connectivity index (χ0n) is 18.3. The Balaban J connectivity index is 1.64. The molecule has 34 heavy (non-hydrogen) atoms. The maximum atomic E-state index is 13.5. The fraction of sp³-hybridized carbons (Fsp3) is 0.182. The molecule has 0 unspecified atom stereocenters. The SMILES string of the molecule is CN(C)CCS(=O)(=O)Nc1cncc(-c2ccc3ncnc(Nc4ccc(F)c(Cl)c4)c3n2)c1.